The number of aromatic nitrogens is 2. The minimum Gasteiger partial charge on any atom is -0.390 e. The molecule has 1 saturated heterocycles. The summed E-state index contributed by atoms with van der Waals surface area (Å²) in [4.78, 5) is 26.0. The molecule has 3 atom stereocenters. The normalized spacial score (nSPS) is 22.5. The van der Waals surface area contributed by atoms with Gasteiger partial charge in [0.05, 0.1) is 17.6 Å². The molecule has 1 aliphatic heterocycles. The summed E-state index contributed by atoms with van der Waals surface area (Å²) in [7, 11) is -4.00. The number of benzene rings is 1. The zero-order valence-electron chi connectivity index (χ0n) is 15.5. The van der Waals surface area contributed by atoms with Gasteiger partial charge in [-0.1, -0.05) is 24.6 Å². The van der Waals surface area contributed by atoms with Crippen molar-refractivity contribution < 1.29 is 22.4 Å². The summed E-state index contributed by atoms with van der Waals surface area (Å²) in [6.07, 6.45) is -0.915. The zero-order chi connectivity index (χ0) is 20.5. The Morgan fingerprint density at radius 3 is 2.61 bits per heavy atom. The lowest BCUT2D eigenvalue weighted by atomic mass is 10.2. The van der Waals surface area contributed by atoms with Gasteiger partial charge in [-0.3, -0.25) is 18.5 Å². The van der Waals surface area contributed by atoms with Crippen LogP contribution in [-0.4, -0.2) is 41.9 Å². The minimum atomic E-state index is -4.00. The molecular weight excluding hydrogens is 388 g/mol. The predicted octanol–water partition coefficient (Wildman–Crippen LogP) is 0.461. The van der Waals surface area contributed by atoms with Crippen molar-refractivity contribution in [3.63, 3.8) is 0 Å². The molecule has 1 aromatic carbocycles. The molecule has 2 N–H and O–H groups in total. The number of nitrogens with zero attached hydrogens (tertiary/aromatic N) is 1. The third-order valence-electron chi connectivity index (χ3n) is 4.63. The molecule has 1 aromatic heterocycles. The van der Waals surface area contributed by atoms with E-state index in [-0.39, 0.29) is 11.3 Å². The van der Waals surface area contributed by atoms with Crippen LogP contribution in [-0.2, 0) is 25.5 Å². The van der Waals surface area contributed by atoms with Gasteiger partial charge in [0.1, 0.15) is 12.3 Å². The fourth-order valence-electron chi connectivity index (χ4n) is 2.96. The Morgan fingerprint density at radius 1 is 1.29 bits per heavy atom. The first-order valence-electron chi connectivity index (χ1n) is 8.85. The summed E-state index contributed by atoms with van der Waals surface area (Å²) in [5.41, 5.74) is 0.188. The van der Waals surface area contributed by atoms with Crippen molar-refractivity contribution in [2.24, 2.45) is 0 Å². The highest BCUT2D eigenvalue weighted by Gasteiger charge is 2.37. The highest BCUT2D eigenvalue weighted by Crippen LogP contribution is 2.28. The van der Waals surface area contributed by atoms with Crippen LogP contribution < -0.4 is 11.2 Å². The van der Waals surface area contributed by atoms with Gasteiger partial charge < -0.3 is 9.84 Å². The van der Waals surface area contributed by atoms with E-state index in [0.717, 1.165) is 5.56 Å². The molecule has 28 heavy (non-hydrogen) atoms. The van der Waals surface area contributed by atoms with E-state index in [1.165, 1.54) is 22.9 Å². The first-order valence-corrected chi connectivity index (χ1v) is 10.3. The van der Waals surface area contributed by atoms with Crippen molar-refractivity contribution in [2.75, 3.05) is 6.61 Å². The van der Waals surface area contributed by atoms with Crippen LogP contribution in [0.25, 0.3) is 0 Å². The monoisotopic (exact) mass is 410 g/mol. The number of hydrogen-bond acceptors (Lipinski definition) is 7. The van der Waals surface area contributed by atoms with E-state index in [1.54, 1.807) is 19.1 Å². The van der Waals surface area contributed by atoms with Crippen LogP contribution >= 0.6 is 0 Å². The molecule has 0 radical (unpaired) electrons. The van der Waals surface area contributed by atoms with Crippen LogP contribution in [0, 0.1) is 6.92 Å². The third-order valence-corrected chi connectivity index (χ3v) is 5.93. The molecule has 2 aromatic rings. The van der Waals surface area contributed by atoms with Gasteiger partial charge in [-0.2, -0.15) is 8.42 Å². The van der Waals surface area contributed by atoms with E-state index in [1.807, 2.05) is 6.92 Å². The molecule has 9 nitrogen and oxygen atoms in total. The predicted molar refractivity (Wildman–Crippen MR) is 99.6 cm³/mol. The molecule has 1 fully saturated rings. The van der Waals surface area contributed by atoms with Gasteiger partial charge in [0.25, 0.3) is 15.7 Å². The summed E-state index contributed by atoms with van der Waals surface area (Å²) in [5.74, 6) is 0. The maximum Gasteiger partial charge on any atom is 0.330 e. The average Bonchev–Trinajstić information content (AvgIpc) is 3.01. The van der Waals surface area contributed by atoms with Gasteiger partial charge in [-0.05, 0) is 25.5 Å². The number of aliphatic hydroxyl groups is 1. The molecule has 3 rings (SSSR count). The summed E-state index contributed by atoms with van der Waals surface area (Å²) in [5, 5.41) is 10.2. The van der Waals surface area contributed by atoms with E-state index < -0.39 is 46.4 Å². The first kappa shape index (κ1) is 20.5. The van der Waals surface area contributed by atoms with Crippen molar-refractivity contribution in [1.82, 2.24) is 9.55 Å². The van der Waals surface area contributed by atoms with Crippen molar-refractivity contribution in [3.05, 3.63) is 62.4 Å². The summed E-state index contributed by atoms with van der Waals surface area (Å²) in [6, 6.07) is 6.18. The molecule has 0 unspecified atom stereocenters. The number of aliphatic hydroxyl groups excluding tert-OH is 1. The maximum atomic E-state index is 12.3. The second-order valence-electron chi connectivity index (χ2n) is 6.66. The molecule has 0 saturated carbocycles. The van der Waals surface area contributed by atoms with Gasteiger partial charge in [0, 0.05) is 18.2 Å². The minimum absolute atomic E-state index is 0.00609. The van der Waals surface area contributed by atoms with Crippen molar-refractivity contribution in [1.29, 1.82) is 0 Å². The Labute approximate surface area is 161 Å². The average molecular weight is 410 g/mol. The molecule has 152 valence electrons. The van der Waals surface area contributed by atoms with Gasteiger partial charge in [0.15, 0.2) is 0 Å². The maximum absolute atomic E-state index is 12.3. The second kappa shape index (κ2) is 8.00. The van der Waals surface area contributed by atoms with E-state index in [4.69, 9.17) is 8.92 Å². The fourth-order valence-corrected chi connectivity index (χ4v) is 3.88. The molecule has 0 aliphatic carbocycles. The van der Waals surface area contributed by atoms with Crippen LogP contribution in [0.4, 0.5) is 0 Å². The van der Waals surface area contributed by atoms with Gasteiger partial charge in [-0.25, -0.2) is 4.79 Å². The third kappa shape index (κ3) is 4.25. The van der Waals surface area contributed by atoms with Gasteiger partial charge >= 0.3 is 5.69 Å². The molecule has 2 heterocycles. The lowest BCUT2D eigenvalue weighted by Crippen LogP contribution is -2.34. The largest absolute Gasteiger partial charge is 0.390 e. The molecule has 0 bridgehead atoms. The van der Waals surface area contributed by atoms with Crippen molar-refractivity contribution >= 4 is 10.1 Å². The van der Waals surface area contributed by atoms with E-state index in [9.17, 15) is 23.1 Å². The highest BCUT2D eigenvalue weighted by molar-refractivity contribution is 7.86. The zero-order valence-corrected chi connectivity index (χ0v) is 16.3. The highest BCUT2D eigenvalue weighted by atomic mass is 32.2. The number of rotatable bonds is 6. The smallest absolute Gasteiger partial charge is 0.330 e. The number of H-pyrrole nitrogens is 1. The van der Waals surface area contributed by atoms with Crippen LogP contribution in [0.1, 0.15) is 30.7 Å². The first-order chi connectivity index (χ1) is 13.2. The molecule has 1 aliphatic rings. The lowest BCUT2D eigenvalue weighted by Gasteiger charge is -2.16. The number of hydrogen-bond donors (Lipinski definition) is 2. The second-order valence-corrected chi connectivity index (χ2v) is 8.27. The summed E-state index contributed by atoms with van der Waals surface area (Å²) >= 11 is 0. The molecule has 10 heteroatoms. The topological polar surface area (TPSA) is 128 Å². The van der Waals surface area contributed by atoms with Crippen LogP contribution in [0.2, 0.25) is 0 Å². The number of aryl methyl sites for hydroxylation is 2. The van der Waals surface area contributed by atoms with Crippen LogP contribution in [0.15, 0.2) is 44.9 Å². The van der Waals surface area contributed by atoms with Gasteiger partial charge in [-0.15, -0.1) is 0 Å². The van der Waals surface area contributed by atoms with E-state index in [2.05, 4.69) is 4.98 Å². The Kier molecular flexibility index (Phi) is 5.84. The fraction of sp³-hybridized carbons (Fsp3) is 0.444. The van der Waals surface area contributed by atoms with E-state index >= 15 is 0 Å². The summed E-state index contributed by atoms with van der Waals surface area (Å²) < 4.78 is 36.4. The molecule has 0 amide bonds. The number of nitrogens with one attached hydrogen (secondary N) is 1. The van der Waals surface area contributed by atoms with E-state index in [0.29, 0.717) is 12.0 Å². The Morgan fingerprint density at radius 2 is 1.96 bits per heavy atom. The Hall–Kier alpha value is -2.27. The molecule has 0 spiro atoms. The van der Waals surface area contributed by atoms with Gasteiger partial charge in [0.2, 0.25) is 0 Å². The Bertz CT molecular complexity index is 1060. The van der Waals surface area contributed by atoms with Crippen molar-refractivity contribution in [2.45, 2.75) is 50.0 Å². The van der Waals surface area contributed by atoms with Crippen LogP contribution in [0.5, 0.6) is 0 Å². The standard InChI is InChI=1S/C18H22N2O7S/c1-3-12-9-20(18(23)19-17(12)22)16-8-14(21)15(27-16)10-26-28(24,25)13-6-4-11(2)5-7-13/h4-7,9,14-16,21H,3,8,10H2,1-2H3,(H,19,22,23)/t14-,15+,16+/m0/s1. The lowest BCUT2D eigenvalue weighted by molar-refractivity contribution is -0.0400. The Balaban J connectivity index is 1.72. The summed E-state index contributed by atoms with van der Waals surface area (Å²) in [6.45, 7) is 3.21. The quantitative estimate of drug-likeness (QED) is 0.662. The molecular formula is C18H22N2O7S. The SMILES string of the molecule is CCc1cn([C@H]2C[C@H](O)[C@@H](COS(=O)(=O)c3ccc(C)cc3)O2)c(=O)[nH]c1=O. The number of aromatic amines is 1. The van der Waals surface area contributed by atoms with Crippen LogP contribution in [0.3, 0.4) is 0 Å². The van der Waals surface area contributed by atoms with Crippen molar-refractivity contribution in [3.8, 4) is 0 Å². The number of ether oxygens (including phenoxy) is 1.